The number of amides is 12. The second-order valence-corrected chi connectivity index (χ2v) is 15.7. The molecule has 0 saturated heterocycles. The van der Waals surface area contributed by atoms with Gasteiger partial charge in [-0.05, 0) is 52.9 Å². The predicted molar refractivity (Wildman–Crippen MR) is 215 cm³/mol. The maximum atomic E-state index is 13.3. The first kappa shape index (κ1) is 47.9. The standard InChI is InChI=1S/C41H52N8O13/c1-41(2,3)62-40(61)44-20-4-7-31(52)45(23-5-21-42-29(50)10-8-27(48-36(57)16-17-37(48)58)25-46-32(53)12-13-33(46)54)24-6-22-43-30(51)11-9-28(49-38(59)18-19-39(49)60)26-47-34(55)14-15-35(47)56/h12-19,27-28H,4-11,20-26H2,1-3H3,(H,42,50)(H,43,51)(H,44,61). The number of carbonyl (C=O) groups is 12. The Balaban J connectivity index is 1.26. The van der Waals surface area contributed by atoms with Gasteiger partial charge in [-0.15, -0.1) is 0 Å². The van der Waals surface area contributed by atoms with Crippen molar-refractivity contribution >= 4 is 71.1 Å². The Morgan fingerprint density at radius 3 is 1.26 bits per heavy atom. The topological polar surface area (TPSA) is 266 Å². The van der Waals surface area contributed by atoms with Gasteiger partial charge < -0.3 is 25.6 Å². The Morgan fingerprint density at radius 2 is 0.887 bits per heavy atom. The van der Waals surface area contributed by atoms with E-state index in [2.05, 4.69) is 16.0 Å². The fraction of sp³-hybridized carbons (Fsp3) is 0.512. The number of nitrogens with zero attached hydrogens (tertiary/aromatic N) is 5. The van der Waals surface area contributed by atoms with Crippen LogP contribution >= 0.6 is 0 Å². The van der Waals surface area contributed by atoms with Gasteiger partial charge in [-0.25, -0.2) is 4.79 Å². The summed E-state index contributed by atoms with van der Waals surface area (Å²) < 4.78 is 5.22. The molecule has 0 spiro atoms. The van der Waals surface area contributed by atoms with E-state index in [1.165, 1.54) is 0 Å². The van der Waals surface area contributed by atoms with E-state index in [1.807, 2.05) is 0 Å². The molecule has 0 aliphatic carbocycles. The highest BCUT2D eigenvalue weighted by atomic mass is 16.6. The lowest BCUT2D eigenvalue weighted by Gasteiger charge is -2.29. The molecule has 0 aromatic rings. The van der Waals surface area contributed by atoms with Gasteiger partial charge in [0.2, 0.25) is 17.7 Å². The van der Waals surface area contributed by atoms with Crippen LogP contribution in [0.5, 0.6) is 0 Å². The van der Waals surface area contributed by atoms with Crippen molar-refractivity contribution in [3.8, 4) is 0 Å². The average Bonchev–Trinajstić information content (AvgIpc) is 3.93. The van der Waals surface area contributed by atoms with Crippen molar-refractivity contribution in [1.29, 1.82) is 0 Å². The zero-order chi connectivity index (χ0) is 45.6. The van der Waals surface area contributed by atoms with E-state index < -0.39 is 82.8 Å². The molecule has 0 radical (unpaired) electrons. The van der Waals surface area contributed by atoms with E-state index in [0.717, 1.165) is 68.2 Å². The summed E-state index contributed by atoms with van der Waals surface area (Å²) in [5.74, 6) is -6.00. The molecule has 4 heterocycles. The van der Waals surface area contributed by atoms with Gasteiger partial charge in [0, 0.05) is 101 Å². The minimum atomic E-state index is -0.942. The van der Waals surface area contributed by atoms with Gasteiger partial charge in [0.1, 0.15) is 5.60 Å². The van der Waals surface area contributed by atoms with Crippen molar-refractivity contribution in [1.82, 2.24) is 40.4 Å². The Kier molecular flexibility index (Phi) is 17.1. The molecule has 21 nitrogen and oxygen atoms in total. The monoisotopic (exact) mass is 864 g/mol. The van der Waals surface area contributed by atoms with Gasteiger partial charge >= 0.3 is 6.09 Å². The van der Waals surface area contributed by atoms with Gasteiger partial charge in [0.25, 0.3) is 47.3 Å². The number of imide groups is 4. The van der Waals surface area contributed by atoms with Crippen LogP contribution in [0.3, 0.4) is 0 Å². The van der Waals surface area contributed by atoms with E-state index in [-0.39, 0.29) is 83.8 Å². The Labute approximate surface area is 357 Å². The smallest absolute Gasteiger partial charge is 0.407 e. The van der Waals surface area contributed by atoms with Crippen molar-refractivity contribution in [3.63, 3.8) is 0 Å². The fourth-order valence-corrected chi connectivity index (χ4v) is 6.82. The molecule has 2 atom stereocenters. The van der Waals surface area contributed by atoms with Crippen LogP contribution in [0.25, 0.3) is 0 Å². The van der Waals surface area contributed by atoms with E-state index in [4.69, 9.17) is 4.74 Å². The second-order valence-electron chi connectivity index (χ2n) is 15.7. The van der Waals surface area contributed by atoms with Crippen LogP contribution in [0.1, 0.15) is 72.1 Å². The van der Waals surface area contributed by atoms with Crippen molar-refractivity contribution in [2.24, 2.45) is 0 Å². The summed E-state index contributed by atoms with van der Waals surface area (Å²) in [6, 6.07) is -1.88. The molecule has 12 amide bonds. The van der Waals surface area contributed by atoms with Crippen molar-refractivity contribution in [2.75, 3.05) is 45.8 Å². The van der Waals surface area contributed by atoms with Crippen molar-refractivity contribution < 1.29 is 62.3 Å². The number of nitrogens with one attached hydrogen (secondary N) is 3. The number of carbonyl (C=O) groups excluding carboxylic acids is 12. The summed E-state index contributed by atoms with van der Waals surface area (Å²) in [6.45, 7) is 5.49. The van der Waals surface area contributed by atoms with E-state index in [0.29, 0.717) is 19.3 Å². The summed E-state index contributed by atoms with van der Waals surface area (Å²) in [7, 11) is 0. The Morgan fingerprint density at radius 1 is 0.532 bits per heavy atom. The SMILES string of the molecule is CC(C)(C)OC(=O)NCCCC(=O)N(CCCNC(=O)CCC(CN1C(=O)C=CC1=O)N1C(=O)C=CC1=O)CCCNC(=O)CCC(CN1C(=O)C=CC1=O)N1C(=O)C=CC1=O. The summed E-state index contributed by atoms with van der Waals surface area (Å²) in [5.41, 5.74) is -0.698. The molecule has 0 aromatic heterocycles. The molecule has 334 valence electrons. The van der Waals surface area contributed by atoms with Gasteiger partial charge in [-0.1, -0.05) is 0 Å². The number of rotatable bonds is 24. The first-order chi connectivity index (χ1) is 29.3. The zero-order valence-corrected chi connectivity index (χ0v) is 34.9. The quantitative estimate of drug-likeness (QED) is 0.0788. The van der Waals surface area contributed by atoms with Crippen LogP contribution in [0, 0.1) is 0 Å². The number of hydrogen-bond donors (Lipinski definition) is 3. The van der Waals surface area contributed by atoms with Crippen LogP contribution in [0.2, 0.25) is 0 Å². The first-order valence-electron chi connectivity index (χ1n) is 20.3. The van der Waals surface area contributed by atoms with Gasteiger partial charge in [0.05, 0.1) is 25.2 Å². The van der Waals surface area contributed by atoms with E-state index in [1.54, 1.807) is 25.7 Å². The van der Waals surface area contributed by atoms with Crippen molar-refractivity contribution in [2.45, 2.75) is 89.8 Å². The zero-order valence-electron chi connectivity index (χ0n) is 34.9. The number of alkyl carbamates (subject to hydrolysis) is 1. The molecule has 4 aliphatic rings. The number of hydrogen-bond acceptors (Lipinski definition) is 13. The average molecular weight is 865 g/mol. The third kappa shape index (κ3) is 14.2. The highest BCUT2D eigenvalue weighted by Crippen LogP contribution is 2.19. The maximum Gasteiger partial charge on any atom is 0.407 e. The third-order valence-corrected chi connectivity index (χ3v) is 9.86. The molecule has 4 rings (SSSR count). The van der Waals surface area contributed by atoms with Gasteiger partial charge in [0.15, 0.2) is 0 Å². The number of ether oxygens (including phenoxy) is 1. The highest BCUT2D eigenvalue weighted by Gasteiger charge is 2.37. The van der Waals surface area contributed by atoms with Gasteiger partial charge in [-0.2, -0.15) is 0 Å². The predicted octanol–water partition coefficient (Wildman–Crippen LogP) is -0.870. The summed E-state index contributed by atoms with van der Waals surface area (Å²) in [6.07, 6.45) is 8.63. The van der Waals surface area contributed by atoms with Crippen LogP contribution in [0.4, 0.5) is 4.79 Å². The molecule has 2 unspecified atom stereocenters. The molecule has 0 bridgehead atoms. The van der Waals surface area contributed by atoms with E-state index in [9.17, 15) is 57.5 Å². The van der Waals surface area contributed by atoms with Crippen LogP contribution in [0.15, 0.2) is 48.6 Å². The lowest BCUT2D eigenvalue weighted by molar-refractivity contribution is -0.145. The minimum Gasteiger partial charge on any atom is -0.444 e. The Bertz CT molecular complexity index is 1780. The molecule has 0 fully saturated rings. The normalized spacial score (nSPS) is 17.0. The fourth-order valence-electron chi connectivity index (χ4n) is 6.82. The summed E-state index contributed by atoms with van der Waals surface area (Å²) in [4.78, 5) is 155. The van der Waals surface area contributed by atoms with E-state index >= 15 is 0 Å². The van der Waals surface area contributed by atoms with Crippen LogP contribution in [-0.2, 0) is 57.5 Å². The first-order valence-corrected chi connectivity index (χ1v) is 20.3. The molecule has 3 N–H and O–H groups in total. The minimum absolute atomic E-state index is 0.0304. The Hall–Kier alpha value is -6.80. The lowest BCUT2D eigenvalue weighted by atomic mass is 10.1. The largest absolute Gasteiger partial charge is 0.444 e. The lowest BCUT2D eigenvalue weighted by Crippen LogP contribution is -2.49. The molecule has 0 aromatic carbocycles. The third-order valence-electron chi connectivity index (χ3n) is 9.86. The summed E-state index contributed by atoms with van der Waals surface area (Å²) in [5, 5.41) is 8.10. The van der Waals surface area contributed by atoms with Crippen LogP contribution < -0.4 is 16.0 Å². The van der Waals surface area contributed by atoms with Crippen LogP contribution in [-0.4, -0.2) is 159 Å². The molecular formula is C41H52N8O13. The molecule has 4 aliphatic heterocycles. The molecule has 0 saturated carbocycles. The van der Waals surface area contributed by atoms with Gasteiger partial charge in [-0.3, -0.25) is 72.3 Å². The highest BCUT2D eigenvalue weighted by molar-refractivity contribution is 6.15. The molecule has 21 heteroatoms. The summed E-state index contributed by atoms with van der Waals surface area (Å²) >= 11 is 0. The molecular weight excluding hydrogens is 812 g/mol. The molecule has 62 heavy (non-hydrogen) atoms. The van der Waals surface area contributed by atoms with Crippen molar-refractivity contribution in [3.05, 3.63) is 48.6 Å². The maximum absolute atomic E-state index is 13.3. The second kappa shape index (κ2) is 22.2.